The summed E-state index contributed by atoms with van der Waals surface area (Å²) in [5, 5.41) is 5.32. The summed E-state index contributed by atoms with van der Waals surface area (Å²) in [5.41, 5.74) is 2.10. The molecule has 31 heavy (non-hydrogen) atoms. The van der Waals surface area contributed by atoms with Crippen LogP contribution in [-0.4, -0.2) is 30.2 Å². The summed E-state index contributed by atoms with van der Waals surface area (Å²) < 4.78 is 12.1. The van der Waals surface area contributed by atoms with E-state index in [4.69, 9.17) is 9.47 Å². The second kappa shape index (κ2) is 8.35. The van der Waals surface area contributed by atoms with Gasteiger partial charge in [-0.05, 0) is 48.4 Å². The summed E-state index contributed by atoms with van der Waals surface area (Å²) in [5.74, 6) is 0.562. The van der Waals surface area contributed by atoms with E-state index in [1.165, 1.54) is 4.57 Å². The highest BCUT2D eigenvalue weighted by Crippen LogP contribution is 2.33. The largest absolute Gasteiger partial charge is 0.454 e. The van der Waals surface area contributed by atoms with Crippen molar-refractivity contribution < 1.29 is 19.1 Å². The SMILES string of the molecule is CNC(=O)Cc1ccc(NC(=O)c2c(C)ccn(-c3ccc4c(c3)OCO4)c2=O)cc1. The Bertz CT molecular complexity index is 1210. The molecule has 1 aromatic heterocycles. The van der Waals surface area contributed by atoms with Crippen LogP contribution in [0.5, 0.6) is 11.5 Å². The van der Waals surface area contributed by atoms with Gasteiger partial charge in [-0.1, -0.05) is 12.1 Å². The van der Waals surface area contributed by atoms with E-state index >= 15 is 0 Å². The maximum atomic E-state index is 13.1. The van der Waals surface area contributed by atoms with Crippen LogP contribution in [0.15, 0.2) is 59.5 Å². The molecule has 0 spiro atoms. The number of fused-ring (bicyclic) bond motifs is 1. The maximum Gasteiger partial charge on any atom is 0.268 e. The molecular weight excluding hydrogens is 398 g/mol. The maximum absolute atomic E-state index is 13.1. The van der Waals surface area contributed by atoms with Crippen LogP contribution in [0.4, 0.5) is 5.69 Å². The zero-order valence-electron chi connectivity index (χ0n) is 17.1. The summed E-state index contributed by atoms with van der Waals surface area (Å²) >= 11 is 0. The molecule has 0 radical (unpaired) electrons. The van der Waals surface area contributed by atoms with Gasteiger partial charge in [-0.25, -0.2) is 0 Å². The number of nitrogens with one attached hydrogen (secondary N) is 2. The quantitative estimate of drug-likeness (QED) is 0.662. The second-order valence-corrected chi connectivity index (χ2v) is 7.09. The Morgan fingerprint density at radius 1 is 1.03 bits per heavy atom. The molecule has 158 valence electrons. The topological polar surface area (TPSA) is 98.7 Å². The van der Waals surface area contributed by atoms with Crippen molar-refractivity contribution in [3.63, 3.8) is 0 Å². The smallest absolute Gasteiger partial charge is 0.268 e. The second-order valence-electron chi connectivity index (χ2n) is 7.09. The molecule has 0 aliphatic carbocycles. The van der Waals surface area contributed by atoms with Crippen LogP contribution in [0.2, 0.25) is 0 Å². The van der Waals surface area contributed by atoms with E-state index in [1.807, 2.05) is 0 Å². The number of carbonyl (C=O) groups excluding carboxylic acids is 2. The molecule has 1 aliphatic heterocycles. The van der Waals surface area contributed by atoms with Crippen LogP contribution in [0, 0.1) is 6.92 Å². The molecule has 2 N–H and O–H groups in total. The van der Waals surface area contributed by atoms with E-state index in [0.717, 1.165) is 5.56 Å². The third-order valence-corrected chi connectivity index (χ3v) is 5.02. The highest BCUT2D eigenvalue weighted by Gasteiger charge is 2.19. The Kier molecular flexibility index (Phi) is 5.44. The molecule has 0 bridgehead atoms. The summed E-state index contributed by atoms with van der Waals surface area (Å²) in [6, 6.07) is 13.8. The van der Waals surface area contributed by atoms with Gasteiger partial charge in [0, 0.05) is 25.0 Å². The molecule has 1 aliphatic rings. The molecule has 0 unspecified atom stereocenters. The molecule has 0 saturated carbocycles. The summed E-state index contributed by atoms with van der Waals surface area (Å²) in [6.07, 6.45) is 1.88. The molecule has 4 rings (SSSR count). The normalized spacial score (nSPS) is 11.8. The number of ether oxygens (including phenoxy) is 2. The zero-order chi connectivity index (χ0) is 22.0. The van der Waals surface area contributed by atoms with Gasteiger partial charge in [-0.3, -0.25) is 19.0 Å². The lowest BCUT2D eigenvalue weighted by Gasteiger charge is -2.12. The van der Waals surface area contributed by atoms with E-state index in [1.54, 1.807) is 68.7 Å². The molecule has 2 aromatic carbocycles. The highest BCUT2D eigenvalue weighted by atomic mass is 16.7. The molecule has 0 fully saturated rings. The minimum absolute atomic E-state index is 0.0506. The van der Waals surface area contributed by atoms with Gasteiger partial charge in [0.05, 0.1) is 12.1 Å². The number of rotatable bonds is 5. The predicted molar refractivity (Wildman–Crippen MR) is 115 cm³/mol. The monoisotopic (exact) mass is 419 g/mol. The summed E-state index contributed by atoms with van der Waals surface area (Å²) in [7, 11) is 1.58. The Morgan fingerprint density at radius 3 is 2.52 bits per heavy atom. The summed E-state index contributed by atoms with van der Waals surface area (Å²) in [4.78, 5) is 37.5. The molecule has 8 nitrogen and oxygen atoms in total. The Hall–Kier alpha value is -4.07. The van der Waals surface area contributed by atoms with Crippen LogP contribution in [0.1, 0.15) is 21.5 Å². The van der Waals surface area contributed by atoms with Gasteiger partial charge >= 0.3 is 0 Å². The molecule has 3 aromatic rings. The van der Waals surface area contributed by atoms with E-state index in [-0.39, 0.29) is 24.7 Å². The number of pyridine rings is 1. The van der Waals surface area contributed by atoms with Crippen LogP contribution < -0.4 is 25.7 Å². The molecular formula is C23H21N3O5. The fourth-order valence-corrected chi connectivity index (χ4v) is 3.31. The van der Waals surface area contributed by atoms with Crippen LogP contribution in [0.3, 0.4) is 0 Å². The van der Waals surface area contributed by atoms with E-state index in [2.05, 4.69) is 10.6 Å². The Morgan fingerprint density at radius 2 is 1.77 bits per heavy atom. The fraction of sp³-hybridized carbons (Fsp3) is 0.174. The molecule has 2 heterocycles. The third-order valence-electron chi connectivity index (χ3n) is 5.02. The van der Waals surface area contributed by atoms with Gasteiger partial charge < -0.3 is 20.1 Å². The number of carbonyl (C=O) groups is 2. The van der Waals surface area contributed by atoms with Crippen molar-refractivity contribution in [3.05, 3.63) is 81.8 Å². The number of aromatic nitrogens is 1. The number of amides is 2. The van der Waals surface area contributed by atoms with Crippen LogP contribution in [0.25, 0.3) is 5.69 Å². The lowest BCUT2D eigenvalue weighted by Crippen LogP contribution is -2.29. The standard InChI is InChI=1S/C23H21N3O5/c1-14-9-10-26(17-7-8-18-19(12-17)31-13-30-18)23(29)21(14)22(28)25-16-5-3-15(4-6-16)11-20(27)24-2/h3-10,12H,11,13H2,1-2H3,(H,24,27)(H,25,28). The van der Waals surface area contributed by atoms with E-state index < -0.39 is 11.5 Å². The lowest BCUT2D eigenvalue weighted by atomic mass is 10.1. The number of hydrogen-bond donors (Lipinski definition) is 2. The van der Waals surface area contributed by atoms with Crippen LogP contribution in [-0.2, 0) is 11.2 Å². The number of hydrogen-bond acceptors (Lipinski definition) is 5. The van der Waals surface area contributed by atoms with Crippen molar-refractivity contribution >= 4 is 17.5 Å². The number of likely N-dealkylation sites (N-methyl/N-ethyl adjacent to an activating group) is 1. The molecule has 2 amide bonds. The number of benzene rings is 2. The van der Waals surface area contributed by atoms with Gasteiger partial charge in [-0.15, -0.1) is 0 Å². The molecule has 8 heteroatoms. The number of nitrogens with zero attached hydrogens (tertiary/aromatic N) is 1. The van der Waals surface area contributed by atoms with Crippen molar-refractivity contribution in [1.29, 1.82) is 0 Å². The average molecular weight is 419 g/mol. The van der Waals surface area contributed by atoms with Gasteiger partial charge in [-0.2, -0.15) is 0 Å². The van der Waals surface area contributed by atoms with Crippen LogP contribution >= 0.6 is 0 Å². The first-order valence-electron chi connectivity index (χ1n) is 9.69. The van der Waals surface area contributed by atoms with Crippen molar-refractivity contribution in [2.75, 3.05) is 19.2 Å². The first-order chi connectivity index (χ1) is 15.0. The number of aryl methyl sites for hydroxylation is 1. The molecule has 0 atom stereocenters. The van der Waals surface area contributed by atoms with Crippen molar-refractivity contribution in [1.82, 2.24) is 9.88 Å². The van der Waals surface area contributed by atoms with Gasteiger partial charge in [0.1, 0.15) is 5.56 Å². The minimum atomic E-state index is -0.503. The lowest BCUT2D eigenvalue weighted by molar-refractivity contribution is -0.119. The Labute approximate surface area is 178 Å². The predicted octanol–water partition coefficient (Wildman–Crippen LogP) is 2.42. The first-order valence-corrected chi connectivity index (χ1v) is 9.69. The molecule has 0 saturated heterocycles. The number of anilines is 1. The third kappa shape index (κ3) is 4.13. The minimum Gasteiger partial charge on any atom is -0.454 e. The van der Waals surface area contributed by atoms with Gasteiger partial charge in [0.2, 0.25) is 12.7 Å². The Balaban J connectivity index is 1.59. The summed E-state index contributed by atoms with van der Waals surface area (Å²) in [6.45, 7) is 1.85. The van der Waals surface area contributed by atoms with Crippen molar-refractivity contribution in [2.24, 2.45) is 0 Å². The fourth-order valence-electron chi connectivity index (χ4n) is 3.31. The van der Waals surface area contributed by atoms with E-state index in [0.29, 0.717) is 28.4 Å². The van der Waals surface area contributed by atoms with Gasteiger partial charge in [0.25, 0.3) is 11.5 Å². The highest BCUT2D eigenvalue weighted by molar-refractivity contribution is 6.05. The van der Waals surface area contributed by atoms with Crippen molar-refractivity contribution in [3.8, 4) is 17.2 Å². The van der Waals surface area contributed by atoms with E-state index in [9.17, 15) is 14.4 Å². The zero-order valence-corrected chi connectivity index (χ0v) is 17.1. The van der Waals surface area contributed by atoms with Crippen molar-refractivity contribution in [2.45, 2.75) is 13.3 Å². The van der Waals surface area contributed by atoms with Gasteiger partial charge in [0.15, 0.2) is 11.5 Å². The average Bonchev–Trinajstić information content (AvgIpc) is 3.23. The first kappa shape index (κ1) is 20.2.